The first-order chi connectivity index (χ1) is 7.38. The SMILES string of the molecule is CCC(C)(C#N)C1(O)CCC(C(C)C)CC1. The van der Waals surface area contributed by atoms with Crippen LogP contribution in [0.3, 0.4) is 0 Å². The van der Waals surface area contributed by atoms with Crippen LogP contribution in [-0.2, 0) is 0 Å². The highest BCUT2D eigenvalue weighted by Crippen LogP contribution is 2.46. The molecule has 0 aromatic carbocycles. The van der Waals surface area contributed by atoms with Crippen LogP contribution in [0.5, 0.6) is 0 Å². The Labute approximate surface area is 99.7 Å². The smallest absolute Gasteiger partial charge is 0.0830 e. The van der Waals surface area contributed by atoms with Gasteiger partial charge >= 0.3 is 0 Å². The van der Waals surface area contributed by atoms with E-state index in [4.69, 9.17) is 0 Å². The Morgan fingerprint density at radius 3 is 2.25 bits per heavy atom. The van der Waals surface area contributed by atoms with Crippen LogP contribution < -0.4 is 0 Å². The molecule has 2 heteroatoms. The third-order valence-electron chi connectivity index (χ3n) is 4.78. The fourth-order valence-electron chi connectivity index (χ4n) is 2.85. The molecule has 0 heterocycles. The maximum Gasteiger partial charge on any atom is 0.0830 e. The van der Waals surface area contributed by atoms with E-state index >= 15 is 0 Å². The molecule has 2 nitrogen and oxygen atoms in total. The molecular formula is C14H25NO. The number of rotatable bonds is 3. The first-order valence-electron chi connectivity index (χ1n) is 6.52. The van der Waals surface area contributed by atoms with Crippen molar-refractivity contribution in [1.82, 2.24) is 0 Å². The van der Waals surface area contributed by atoms with Gasteiger partial charge < -0.3 is 5.11 Å². The lowest BCUT2D eigenvalue weighted by Crippen LogP contribution is -2.48. The second-order valence-electron chi connectivity index (χ2n) is 5.91. The first kappa shape index (κ1) is 13.5. The van der Waals surface area contributed by atoms with E-state index < -0.39 is 11.0 Å². The molecule has 0 aromatic rings. The fourth-order valence-corrected chi connectivity index (χ4v) is 2.85. The molecule has 1 aliphatic carbocycles. The molecule has 1 N–H and O–H groups in total. The normalized spacial score (nSPS) is 34.4. The van der Waals surface area contributed by atoms with Crippen LogP contribution >= 0.6 is 0 Å². The van der Waals surface area contributed by atoms with Gasteiger partial charge in [-0.3, -0.25) is 0 Å². The third kappa shape index (κ3) is 2.25. The molecule has 1 aliphatic rings. The van der Waals surface area contributed by atoms with E-state index in [1.807, 2.05) is 13.8 Å². The molecule has 1 rings (SSSR count). The molecule has 0 amide bonds. The zero-order chi connectivity index (χ0) is 12.4. The van der Waals surface area contributed by atoms with Crippen LogP contribution in [-0.4, -0.2) is 10.7 Å². The lowest BCUT2D eigenvalue weighted by atomic mass is 9.62. The van der Waals surface area contributed by atoms with E-state index in [1.165, 1.54) is 0 Å². The molecule has 0 aromatic heterocycles. The third-order valence-corrected chi connectivity index (χ3v) is 4.78. The standard InChI is InChI=1S/C14H25NO/c1-5-13(4,10-15)14(16)8-6-12(7-9-14)11(2)3/h11-12,16H,5-9H2,1-4H3. The quantitative estimate of drug-likeness (QED) is 0.795. The van der Waals surface area contributed by atoms with Crippen molar-refractivity contribution in [3.63, 3.8) is 0 Å². The molecule has 16 heavy (non-hydrogen) atoms. The summed E-state index contributed by atoms with van der Waals surface area (Å²) in [6, 6.07) is 2.33. The first-order valence-corrected chi connectivity index (χ1v) is 6.52. The highest BCUT2D eigenvalue weighted by molar-refractivity contribution is 5.09. The van der Waals surface area contributed by atoms with E-state index in [1.54, 1.807) is 0 Å². The second-order valence-corrected chi connectivity index (χ2v) is 5.91. The predicted octanol–water partition coefficient (Wildman–Crippen LogP) is 3.50. The molecule has 1 saturated carbocycles. The number of nitrogens with zero attached hydrogens (tertiary/aromatic N) is 1. The molecule has 1 atom stereocenters. The van der Waals surface area contributed by atoms with Crippen LogP contribution in [0.1, 0.15) is 59.8 Å². The lowest BCUT2D eigenvalue weighted by Gasteiger charge is -2.45. The molecular weight excluding hydrogens is 198 g/mol. The minimum absolute atomic E-state index is 0.574. The van der Waals surface area contributed by atoms with Gasteiger partial charge in [0.05, 0.1) is 17.1 Å². The van der Waals surface area contributed by atoms with Crippen LogP contribution in [0.4, 0.5) is 0 Å². The molecule has 92 valence electrons. The van der Waals surface area contributed by atoms with Gasteiger partial charge in [-0.15, -0.1) is 0 Å². The van der Waals surface area contributed by atoms with Gasteiger partial charge in [0.1, 0.15) is 0 Å². The van der Waals surface area contributed by atoms with Gasteiger partial charge in [-0.05, 0) is 50.9 Å². The number of aliphatic hydroxyl groups is 1. The monoisotopic (exact) mass is 223 g/mol. The van der Waals surface area contributed by atoms with Crippen molar-refractivity contribution in [1.29, 1.82) is 5.26 Å². The van der Waals surface area contributed by atoms with Crippen molar-refractivity contribution in [2.75, 3.05) is 0 Å². The summed E-state index contributed by atoms with van der Waals surface area (Å²) in [6.07, 6.45) is 4.42. The summed E-state index contributed by atoms with van der Waals surface area (Å²) >= 11 is 0. The summed E-state index contributed by atoms with van der Waals surface area (Å²) in [5.74, 6) is 1.42. The molecule has 1 fully saturated rings. The summed E-state index contributed by atoms with van der Waals surface area (Å²) in [5, 5.41) is 19.9. The topological polar surface area (TPSA) is 44.0 Å². The van der Waals surface area contributed by atoms with Crippen LogP contribution in [0, 0.1) is 28.6 Å². The zero-order valence-electron chi connectivity index (χ0n) is 11.1. The molecule has 0 aliphatic heterocycles. The van der Waals surface area contributed by atoms with Gasteiger partial charge in [-0.2, -0.15) is 5.26 Å². The van der Waals surface area contributed by atoms with Crippen molar-refractivity contribution in [2.24, 2.45) is 17.3 Å². The van der Waals surface area contributed by atoms with Crippen molar-refractivity contribution < 1.29 is 5.11 Å². The number of hydrogen-bond acceptors (Lipinski definition) is 2. The average molecular weight is 223 g/mol. The van der Waals surface area contributed by atoms with E-state index in [2.05, 4.69) is 19.9 Å². The van der Waals surface area contributed by atoms with E-state index in [0.717, 1.165) is 38.0 Å². The summed E-state index contributed by atoms with van der Waals surface area (Å²) in [5.41, 5.74) is -1.34. The van der Waals surface area contributed by atoms with Gasteiger partial charge in [0, 0.05) is 0 Å². The Morgan fingerprint density at radius 1 is 1.44 bits per heavy atom. The zero-order valence-corrected chi connectivity index (χ0v) is 11.1. The minimum Gasteiger partial charge on any atom is -0.388 e. The molecule has 1 unspecified atom stereocenters. The lowest BCUT2D eigenvalue weighted by molar-refractivity contribution is -0.0887. The Balaban J connectivity index is 2.74. The predicted molar refractivity (Wildman–Crippen MR) is 65.8 cm³/mol. The van der Waals surface area contributed by atoms with Crippen molar-refractivity contribution in [3.05, 3.63) is 0 Å². The summed E-state index contributed by atoms with van der Waals surface area (Å²) < 4.78 is 0. The highest BCUT2D eigenvalue weighted by Gasteiger charge is 2.48. The highest BCUT2D eigenvalue weighted by atomic mass is 16.3. The van der Waals surface area contributed by atoms with Crippen LogP contribution in [0.25, 0.3) is 0 Å². The largest absolute Gasteiger partial charge is 0.388 e. The molecule has 0 radical (unpaired) electrons. The summed E-state index contributed by atoms with van der Waals surface area (Å²) in [4.78, 5) is 0. The summed E-state index contributed by atoms with van der Waals surface area (Å²) in [6.45, 7) is 8.40. The summed E-state index contributed by atoms with van der Waals surface area (Å²) in [7, 11) is 0. The Kier molecular flexibility index (Phi) is 4.02. The fraction of sp³-hybridized carbons (Fsp3) is 0.929. The average Bonchev–Trinajstić information content (AvgIpc) is 2.28. The van der Waals surface area contributed by atoms with E-state index in [9.17, 15) is 10.4 Å². The number of hydrogen-bond donors (Lipinski definition) is 1. The van der Waals surface area contributed by atoms with Crippen molar-refractivity contribution in [3.8, 4) is 6.07 Å². The van der Waals surface area contributed by atoms with Gasteiger partial charge in [-0.1, -0.05) is 20.8 Å². The maximum absolute atomic E-state index is 10.7. The van der Waals surface area contributed by atoms with Gasteiger partial charge in [0.2, 0.25) is 0 Å². The maximum atomic E-state index is 10.7. The van der Waals surface area contributed by atoms with Crippen LogP contribution in [0.2, 0.25) is 0 Å². The van der Waals surface area contributed by atoms with Gasteiger partial charge in [0.25, 0.3) is 0 Å². The Bertz CT molecular complexity index is 271. The Morgan fingerprint density at radius 2 is 1.94 bits per heavy atom. The van der Waals surface area contributed by atoms with Crippen molar-refractivity contribution >= 4 is 0 Å². The van der Waals surface area contributed by atoms with Gasteiger partial charge in [-0.25, -0.2) is 0 Å². The molecule has 0 saturated heterocycles. The minimum atomic E-state index is -0.762. The van der Waals surface area contributed by atoms with Gasteiger partial charge in [0.15, 0.2) is 0 Å². The second kappa shape index (κ2) is 4.75. The van der Waals surface area contributed by atoms with Crippen LogP contribution in [0.15, 0.2) is 0 Å². The van der Waals surface area contributed by atoms with E-state index in [-0.39, 0.29) is 0 Å². The molecule has 0 bridgehead atoms. The Hall–Kier alpha value is -0.550. The molecule has 0 spiro atoms. The van der Waals surface area contributed by atoms with Crippen molar-refractivity contribution in [2.45, 2.75) is 65.4 Å². The number of nitriles is 1. The van der Waals surface area contributed by atoms with E-state index in [0.29, 0.717) is 5.92 Å².